The second-order valence-electron chi connectivity index (χ2n) is 5.94. The largest absolute Gasteiger partial charge is 0.316 e. The molecule has 0 bridgehead atoms. The highest BCUT2D eigenvalue weighted by Gasteiger charge is 2.49. The third-order valence-corrected chi connectivity index (χ3v) is 7.32. The highest BCUT2D eigenvalue weighted by molar-refractivity contribution is 8.16. The van der Waals surface area contributed by atoms with Crippen molar-refractivity contribution in [1.82, 2.24) is 0 Å². The lowest BCUT2D eigenvalue weighted by Gasteiger charge is -2.25. The van der Waals surface area contributed by atoms with Crippen LogP contribution in [-0.4, -0.2) is 48.2 Å². The number of halogens is 1. The summed E-state index contributed by atoms with van der Waals surface area (Å²) >= 11 is 6.92. The maximum atomic E-state index is 12.0. The van der Waals surface area contributed by atoms with Crippen molar-refractivity contribution in [3.63, 3.8) is 0 Å². The van der Waals surface area contributed by atoms with Gasteiger partial charge in [-0.2, -0.15) is 4.99 Å². The Bertz CT molecular complexity index is 772. The number of aliphatic imine (C=N–C) groups is 1. The van der Waals surface area contributed by atoms with Crippen LogP contribution in [0, 0.1) is 13.8 Å². The van der Waals surface area contributed by atoms with Crippen molar-refractivity contribution in [2.45, 2.75) is 25.1 Å². The van der Waals surface area contributed by atoms with Gasteiger partial charge in [-0.15, -0.1) is 11.6 Å². The molecule has 0 N–H and O–H groups in total. The van der Waals surface area contributed by atoms with Crippen molar-refractivity contribution in [3.8, 4) is 0 Å². The number of alkyl halides is 1. The van der Waals surface area contributed by atoms with E-state index in [1.54, 1.807) is 0 Å². The van der Waals surface area contributed by atoms with Gasteiger partial charge in [-0.25, -0.2) is 8.42 Å². The average molecular weight is 373 g/mol. The van der Waals surface area contributed by atoms with Gasteiger partial charge in [-0.05, 0) is 37.1 Å². The number of hydrogen-bond acceptors (Lipinski definition) is 4. The van der Waals surface area contributed by atoms with Gasteiger partial charge in [0.15, 0.2) is 15.0 Å². The van der Waals surface area contributed by atoms with Crippen LogP contribution in [0.2, 0.25) is 0 Å². The third-order valence-electron chi connectivity index (χ3n) is 3.89. The number of carbonyl (C=O) groups is 1. The van der Waals surface area contributed by atoms with E-state index in [9.17, 15) is 13.2 Å². The van der Waals surface area contributed by atoms with Crippen molar-refractivity contribution in [2.75, 3.05) is 22.3 Å². The Kier molecular flexibility index (Phi) is 4.46. The minimum absolute atomic E-state index is 0.0890. The number of hydrogen-bond donors (Lipinski definition) is 0. The van der Waals surface area contributed by atoms with Crippen molar-refractivity contribution < 1.29 is 13.2 Å². The molecular weight excluding hydrogens is 356 g/mol. The molecule has 0 aromatic heterocycles. The maximum absolute atomic E-state index is 12.0. The Morgan fingerprint density at radius 2 is 1.96 bits per heavy atom. The van der Waals surface area contributed by atoms with E-state index in [-0.39, 0.29) is 28.7 Å². The summed E-state index contributed by atoms with van der Waals surface area (Å²) in [5, 5.41) is 0.452. The number of amidine groups is 1. The van der Waals surface area contributed by atoms with E-state index in [0.717, 1.165) is 16.8 Å². The molecule has 2 heterocycles. The number of fused-ring (bicyclic) bond motifs is 1. The second-order valence-corrected chi connectivity index (χ2v) is 9.57. The summed E-state index contributed by atoms with van der Waals surface area (Å²) < 4.78 is 23.9. The Morgan fingerprint density at radius 3 is 2.57 bits per heavy atom. The highest BCUT2D eigenvalue weighted by Crippen LogP contribution is 2.41. The Morgan fingerprint density at radius 1 is 1.30 bits per heavy atom. The summed E-state index contributed by atoms with van der Waals surface area (Å²) in [5.41, 5.74) is 3.04. The zero-order chi connectivity index (χ0) is 16.8. The predicted octanol–water partition coefficient (Wildman–Crippen LogP) is 2.14. The fraction of sp³-hybridized carbons (Fsp3) is 0.467. The van der Waals surface area contributed by atoms with Gasteiger partial charge < -0.3 is 4.90 Å². The molecule has 2 fully saturated rings. The first kappa shape index (κ1) is 16.8. The molecule has 23 heavy (non-hydrogen) atoms. The van der Waals surface area contributed by atoms with Crippen LogP contribution < -0.4 is 4.90 Å². The number of sulfone groups is 1. The molecule has 3 rings (SSSR count). The van der Waals surface area contributed by atoms with Gasteiger partial charge in [0.2, 0.25) is 0 Å². The van der Waals surface area contributed by atoms with Crippen LogP contribution >= 0.6 is 23.4 Å². The summed E-state index contributed by atoms with van der Waals surface area (Å²) in [7, 11) is -3.05. The SMILES string of the molecule is Cc1cc(C)cc(N2C(=NC(=O)CCl)SC3CS(=O)(=O)CC32)c1. The van der Waals surface area contributed by atoms with Crippen LogP contribution in [0.25, 0.3) is 0 Å². The lowest BCUT2D eigenvalue weighted by molar-refractivity contribution is -0.115. The number of anilines is 1. The Balaban J connectivity index is 2.06. The van der Waals surface area contributed by atoms with Crippen molar-refractivity contribution >= 4 is 50.0 Å². The molecule has 1 aromatic carbocycles. The first-order chi connectivity index (χ1) is 10.8. The van der Waals surface area contributed by atoms with Gasteiger partial charge in [0, 0.05) is 10.9 Å². The van der Waals surface area contributed by atoms with Gasteiger partial charge >= 0.3 is 0 Å². The standard InChI is InChI=1S/C15H17ClN2O3S2/c1-9-3-10(2)5-11(4-9)18-12-7-23(20,21)8-13(12)22-15(18)17-14(19)6-16/h3-5,12-13H,6-8H2,1-2H3. The molecule has 2 atom stereocenters. The van der Waals surface area contributed by atoms with E-state index in [1.165, 1.54) is 11.8 Å². The molecule has 5 nitrogen and oxygen atoms in total. The molecule has 0 aliphatic carbocycles. The molecule has 2 aliphatic heterocycles. The molecule has 0 spiro atoms. The molecule has 2 saturated heterocycles. The maximum Gasteiger partial charge on any atom is 0.262 e. The van der Waals surface area contributed by atoms with E-state index < -0.39 is 15.7 Å². The van der Waals surface area contributed by atoms with Crippen LogP contribution in [0.1, 0.15) is 11.1 Å². The van der Waals surface area contributed by atoms with Gasteiger partial charge in [0.05, 0.1) is 17.5 Å². The van der Waals surface area contributed by atoms with Gasteiger partial charge in [-0.1, -0.05) is 17.8 Å². The molecule has 124 valence electrons. The average Bonchev–Trinajstić information content (AvgIpc) is 2.88. The van der Waals surface area contributed by atoms with E-state index in [1.807, 2.05) is 30.9 Å². The van der Waals surface area contributed by atoms with Crippen LogP contribution in [0.4, 0.5) is 5.69 Å². The highest BCUT2D eigenvalue weighted by atomic mass is 35.5. The van der Waals surface area contributed by atoms with Crippen molar-refractivity contribution in [1.29, 1.82) is 0 Å². The topological polar surface area (TPSA) is 66.8 Å². The van der Waals surface area contributed by atoms with E-state index in [0.29, 0.717) is 5.17 Å². The van der Waals surface area contributed by atoms with Crippen molar-refractivity contribution in [3.05, 3.63) is 29.3 Å². The lowest BCUT2D eigenvalue weighted by Crippen LogP contribution is -2.37. The summed E-state index contributed by atoms with van der Waals surface area (Å²) in [6.45, 7) is 3.98. The summed E-state index contributed by atoms with van der Waals surface area (Å²) in [6, 6.07) is 5.84. The number of carbonyl (C=O) groups excluding carboxylic acids is 1. The fourth-order valence-corrected chi connectivity index (χ4v) is 7.08. The lowest BCUT2D eigenvalue weighted by atomic mass is 10.1. The quantitative estimate of drug-likeness (QED) is 0.744. The Labute approximate surface area is 145 Å². The summed E-state index contributed by atoms with van der Waals surface area (Å²) in [4.78, 5) is 17.6. The molecule has 1 amide bonds. The zero-order valence-corrected chi connectivity index (χ0v) is 15.2. The van der Waals surface area contributed by atoms with E-state index in [4.69, 9.17) is 11.6 Å². The van der Waals surface area contributed by atoms with Gasteiger partial charge in [0.1, 0.15) is 5.88 Å². The third kappa shape index (κ3) is 3.41. The number of thioether (sulfide) groups is 1. The molecule has 8 heteroatoms. The van der Waals surface area contributed by atoms with Crippen LogP contribution in [0.5, 0.6) is 0 Å². The first-order valence-corrected chi connectivity index (χ1v) is 10.4. The summed E-state index contributed by atoms with van der Waals surface area (Å²) in [6.07, 6.45) is 0. The normalized spacial score (nSPS) is 27.4. The number of nitrogens with zero attached hydrogens (tertiary/aromatic N) is 2. The first-order valence-electron chi connectivity index (χ1n) is 7.21. The second kappa shape index (κ2) is 6.11. The summed E-state index contributed by atoms with van der Waals surface area (Å²) in [5.74, 6) is -0.381. The predicted molar refractivity (Wildman–Crippen MR) is 95.4 cm³/mol. The molecule has 2 unspecified atom stereocenters. The Hall–Kier alpha value is -1.05. The number of benzene rings is 1. The van der Waals surface area contributed by atoms with Crippen molar-refractivity contribution in [2.24, 2.45) is 4.99 Å². The molecular formula is C15H17ClN2O3S2. The number of aryl methyl sites for hydroxylation is 2. The minimum atomic E-state index is -3.05. The van der Waals surface area contributed by atoms with Crippen LogP contribution in [-0.2, 0) is 14.6 Å². The van der Waals surface area contributed by atoms with Crippen LogP contribution in [0.3, 0.4) is 0 Å². The van der Waals surface area contributed by atoms with Gasteiger partial charge in [-0.3, -0.25) is 4.79 Å². The number of rotatable bonds is 2. The molecule has 2 aliphatic rings. The smallest absolute Gasteiger partial charge is 0.262 e. The fourth-order valence-electron chi connectivity index (χ4n) is 3.09. The molecule has 1 aromatic rings. The number of amides is 1. The zero-order valence-electron chi connectivity index (χ0n) is 12.8. The van der Waals surface area contributed by atoms with E-state index >= 15 is 0 Å². The minimum Gasteiger partial charge on any atom is -0.316 e. The van der Waals surface area contributed by atoms with Gasteiger partial charge in [0.25, 0.3) is 5.91 Å². The van der Waals surface area contributed by atoms with E-state index in [2.05, 4.69) is 11.1 Å². The van der Waals surface area contributed by atoms with Crippen LogP contribution in [0.15, 0.2) is 23.2 Å². The molecule has 0 radical (unpaired) electrons. The molecule has 0 saturated carbocycles. The monoisotopic (exact) mass is 372 g/mol.